The van der Waals surface area contributed by atoms with Gasteiger partial charge in [0.15, 0.2) is 0 Å². The lowest BCUT2D eigenvalue weighted by atomic mass is 9.96. The Balaban J connectivity index is 1.56. The summed E-state index contributed by atoms with van der Waals surface area (Å²) in [7, 11) is 0. The van der Waals surface area contributed by atoms with Crippen molar-refractivity contribution in [1.82, 2.24) is 9.88 Å². The fourth-order valence-electron chi connectivity index (χ4n) is 4.68. The Hall–Kier alpha value is -1.65. The predicted octanol–water partition coefficient (Wildman–Crippen LogP) is 3.74. The molecule has 0 spiro atoms. The van der Waals surface area contributed by atoms with Crippen LogP contribution in [0.15, 0.2) is 24.3 Å². The number of para-hydroxylation sites is 1. The molecule has 4 nitrogen and oxygen atoms in total. The number of aliphatic hydroxyl groups is 1. The Kier molecular flexibility index (Phi) is 5.41. The van der Waals surface area contributed by atoms with Gasteiger partial charge in [-0.05, 0) is 63.2 Å². The number of aromatic nitrogens is 1. The molecule has 2 aromatic rings. The van der Waals surface area contributed by atoms with Gasteiger partial charge in [-0.2, -0.15) is 0 Å². The van der Waals surface area contributed by atoms with E-state index in [1.54, 1.807) is 0 Å². The second-order valence-corrected chi connectivity index (χ2v) is 8.09. The standard InChI is InChI=1S/C22H31N3O/c1-17-7-5-9-19-13-20(16-26)22(23-21(17)19)25-12-6-8-18(15-25)14-24-10-3-2-4-11-24/h5,7,9,13,18,26H,2-4,6,8,10-12,14-16H2,1H3/t18-/m0/s1. The molecular formula is C22H31N3O. The van der Waals surface area contributed by atoms with Crippen LogP contribution in [0.4, 0.5) is 5.82 Å². The smallest absolute Gasteiger partial charge is 0.134 e. The quantitative estimate of drug-likeness (QED) is 0.909. The van der Waals surface area contributed by atoms with E-state index in [0.717, 1.165) is 35.4 Å². The Morgan fingerprint density at radius 3 is 2.77 bits per heavy atom. The summed E-state index contributed by atoms with van der Waals surface area (Å²) in [6.45, 7) is 8.05. The lowest BCUT2D eigenvalue weighted by Crippen LogP contribution is -2.43. The summed E-state index contributed by atoms with van der Waals surface area (Å²) < 4.78 is 0. The molecule has 0 unspecified atom stereocenters. The molecule has 140 valence electrons. The first-order valence-electron chi connectivity index (χ1n) is 10.2. The van der Waals surface area contributed by atoms with E-state index in [1.807, 2.05) is 0 Å². The highest BCUT2D eigenvalue weighted by molar-refractivity contribution is 5.84. The second-order valence-electron chi connectivity index (χ2n) is 8.09. The number of benzene rings is 1. The minimum Gasteiger partial charge on any atom is -0.392 e. The number of likely N-dealkylation sites (tertiary alicyclic amines) is 1. The summed E-state index contributed by atoms with van der Waals surface area (Å²) in [6, 6.07) is 8.40. The summed E-state index contributed by atoms with van der Waals surface area (Å²) in [6.07, 6.45) is 6.64. The van der Waals surface area contributed by atoms with Gasteiger partial charge in [-0.25, -0.2) is 4.98 Å². The van der Waals surface area contributed by atoms with Crippen LogP contribution in [-0.2, 0) is 6.61 Å². The third kappa shape index (κ3) is 3.72. The van der Waals surface area contributed by atoms with Gasteiger partial charge in [0, 0.05) is 30.6 Å². The SMILES string of the molecule is Cc1cccc2cc(CO)c(N3CCC[C@@H](CN4CCCCC4)C3)nc12. The Morgan fingerprint density at radius 2 is 1.96 bits per heavy atom. The van der Waals surface area contributed by atoms with Gasteiger partial charge in [-0.15, -0.1) is 0 Å². The largest absolute Gasteiger partial charge is 0.392 e. The Bertz CT molecular complexity index is 754. The van der Waals surface area contributed by atoms with Gasteiger partial charge in [0.1, 0.15) is 5.82 Å². The molecular weight excluding hydrogens is 322 g/mol. The fourth-order valence-corrected chi connectivity index (χ4v) is 4.68. The summed E-state index contributed by atoms with van der Waals surface area (Å²) in [5.41, 5.74) is 3.23. The third-order valence-corrected chi connectivity index (χ3v) is 6.06. The van der Waals surface area contributed by atoms with Crippen LogP contribution in [0.2, 0.25) is 0 Å². The van der Waals surface area contributed by atoms with Crippen molar-refractivity contribution in [3.63, 3.8) is 0 Å². The van der Waals surface area contributed by atoms with Crippen molar-refractivity contribution in [2.75, 3.05) is 37.6 Å². The van der Waals surface area contributed by atoms with Crippen LogP contribution in [0.25, 0.3) is 10.9 Å². The van der Waals surface area contributed by atoms with Crippen molar-refractivity contribution in [1.29, 1.82) is 0 Å². The van der Waals surface area contributed by atoms with Gasteiger partial charge < -0.3 is 14.9 Å². The van der Waals surface area contributed by atoms with Gasteiger partial charge in [-0.1, -0.05) is 24.6 Å². The highest BCUT2D eigenvalue weighted by Gasteiger charge is 2.25. The molecule has 2 fully saturated rings. The zero-order valence-electron chi connectivity index (χ0n) is 16.0. The number of aliphatic hydroxyl groups excluding tert-OH is 1. The number of hydrogen-bond acceptors (Lipinski definition) is 4. The summed E-state index contributed by atoms with van der Waals surface area (Å²) in [4.78, 5) is 10.1. The first kappa shape index (κ1) is 17.7. The third-order valence-electron chi connectivity index (χ3n) is 6.06. The number of nitrogens with zero attached hydrogens (tertiary/aromatic N) is 3. The van der Waals surface area contributed by atoms with Gasteiger partial charge in [0.25, 0.3) is 0 Å². The van der Waals surface area contributed by atoms with E-state index in [9.17, 15) is 5.11 Å². The number of rotatable bonds is 4. The lowest BCUT2D eigenvalue weighted by Gasteiger charge is -2.38. The minimum absolute atomic E-state index is 0.0551. The van der Waals surface area contributed by atoms with Crippen molar-refractivity contribution in [2.45, 2.75) is 45.6 Å². The maximum atomic E-state index is 9.93. The molecule has 0 amide bonds. The lowest BCUT2D eigenvalue weighted by molar-refractivity contribution is 0.185. The molecule has 4 rings (SSSR count). The number of anilines is 1. The van der Waals surface area contributed by atoms with Crippen molar-refractivity contribution < 1.29 is 5.11 Å². The number of hydrogen-bond donors (Lipinski definition) is 1. The molecule has 2 saturated heterocycles. The topological polar surface area (TPSA) is 39.6 Å². The monoisotopic (exact) mass is 353 g/mol. The van der Waals surface area contributed by atoms with Crippen molar-refractivity contribution in [2.24, 2.45) is 5.92 Å². The Morgan fingerprint density at radius 1 is 1.12 bits per heavy atom. The maximum absolute atomic E-state index is 9.93. The van der Waals surface area contributed by atoms with Crippen molar-refractivity contribution in [3.8, 4) is 0 Å². The number of piperidine rings is 2. The van der Waals surface area contributed by atoms with E-state index in [-0.39, 0.29) is 6.61 Å². The number of fused-ring (bicyclic) bond motifs is 1. The maximum Gasteiger partial charge on any atom is 0.134 e. The van der Waals surface area contributed by atoms with E-state index in [0.29, 0.717) is 5.92 Å². The van der Waals surface area contributed by atoms with Gasteiger partial charge >= 0.3 is 0 Å². The molecule has 26 heavy (non-hydrogen) atoms. The summed E-state index contributed by atoms with van der Waals surface area (Å²) in [5, 5.41) is 11.1. The molecule has 0 bridgehead atoms. The molecule has 1 N–H and O–H groups in total. The van der Waals surface area contributed by atoms with Crippen LogP contribution in [0.3, 0.4) is 0 Å². The van der Waals surface area contributed by atoms with Crippen LogP contribution in [0, 0.1) is 12.8 Å². The molecule has 1 atom stereocenters. The van der Waals surface area contributed by atoms with Gasteiger partial charge in [-0.3, -0.25) is 0 Å². The fraction of sp³-hybridized carbons (Fsp3) is 0.591. The van der Waals surface area contributed by atoms with Gasteiger partial charge in [0.2, 0.25) is 0 Å². The number of pyridine rings is 1. The summed E-state index contributed by atoms with van der Waals surface area (Å²) >= 11 is 0. The van der Waals surface area contributed by atoms with Gasteiger partial charge in [0.05, 0.1) is 12.1 Å². The molecule has 1 aromatic carbocycles. The molecule has 0 saturated carbocycles. The van der Waals surface area contributed by atoms with Crippen molar-refractivity contribution in [3.05, 3.63) is 35.4 Å². The average Bonchev–Trinajstić information content (AvgIpc) is 2.68. The van der Waals surface area contributed by atoms with E-state index >= 15 is 0 Å². The van der Waals surface area contributed by atoms with E-state index in [4.69, 9.17) is 4.98 Å². The highest BCUT2D eigenvalue weighted by Crippen LogP contribution is 2.29. The Labute approximate surface area is 156 Å². The summed E-state index contributed by atoms with van der Waals surface area (Å²) in [5.74, 6) is 1.71. The van der Waals surface area contributed by atoms with Crippen LogP contribution < -0.4 is 4.90 Å². The zero-order chi connectivity index (χ0) is 17.9. The molecule has 0 aliphatic carbocycles. The molecule has 3 heterocycles. The molecule has 2 aliphatic rings. The zero-order valence-corrected chi connectivity index (χ0v) is 16.0. The van der Waals surface area contributed by atoms with E-state index in [1.165, 1.54) is 57.3 Å². The highest BCUT2D eigenvalue weighted by atomic mass is 16.3. The molecule has 2 aliphatic heterocycles. The molecule has 0 radical (unpaired) electrons. The van der Waals surface area contributed by atoms with Crippen molar-refractivity contribution >= 4 is 16.7 Å². The minimum atomic E-state index is 0.0551. The number of aryl methyl sites for hydroxylation is 1. The second kappa shape index (κ2) is 7.93. The first-order valence-corrected chi connectivity index (χ1v) is 10.2. The van der Waals surface area contributed by atoms with Crippen LogP contribution in [0.1, 0.15) is 43.2 Å². The normalized spacial score (nSPS) is 22.1. The average molecular weight is 354 g/mol. The molecule has 4 heteroatoms. The van der Waals surface area contributed by atoms with Crippen LogP contribution in [0.5, 0.6) is 0 Å². The van der Waals surface area contributed by atoms with E-state index in [2.05, 4.69) is 41.0 Å². The predicted molar refractivity (Wildman–Crippen MR) is 108 cm³/mol. The first-order chi connectivity index (χ1) is 12.7. The van der Waals surface area contributed by atoms with Crippen LogP contribution >= 0.6 is 0 Å². The molecule has 1 aromatic heterocycles. The van der Waals surface area contributed by atoms with Crippen LogP contribution in [-0.4, -0.2) is 47.7 Å². The van der Waals surface area contributed by atoms with E-state index < -0.39 is 0 Å².